The SMILES string of the molecule is CC#CC=CCNc1ccc(C(=O)NC(C(=O)NO)C(C)(C)N)cc1. The zero-order valence-electron chi connectivity index (χ0n) is 14.6. The van der Waals surface area contributed by atoms with Crippen LogP contribution in [0.25, 0.3) is 0 Å². The summed E-state index contributed by atoms with van der Waals surface area (Å²) in [5.74, 6) is 4.34. The summed E-state index contributed by atoms with van der Waals surface area (Å²) in [4.78, 5) is 24.0. The van der Waals surface area contributed by atoms with E-state index in [9.17, 15) is 9.59 Å². The van der Waals surface area contributed by atoms with Gasteiger partial charge in [-0.25, -0.2) is 5.48 Å². The fraction of sp³-hybridized carbons (Fsp3) is 0.333. The van der Waals surface area contributed by atoms with Crippen molar-refractivity contribution in [1.82, 2.24) is 10.8 Å². The van der Waals surface area contributed by atoms with Crippen LogP contribution < -0.4 is 21.8 Å². The normalized spacial score (nSPS) is 12.0. The van der Waals surface area contributed by atoms with Gasteiger partial charge in [0.05, 0.1) is 0 Å². The van der Waals surface area contributed by atoms with Crippen LogP contribution >= 0.6 is 0 Å². The number of hydroxylamine groups is 1. The van der Waals surface area contributed by atoms with E-state index < -0.39 is 23.4 Å². The van der Waals surface area contributed by atoms with Crippen LogP contribution in [0.3, 0.4) is 0 Å². The highest BCUT2D eigenvalue weighted by atomic mass is 16.5. The number of hydrogen-bond acceptors (Lipinski definition) is 5. The molecule has 2 amide bonds. The maximum atomic E-state index is 12.3. The van der Waals surface area contributed by atoms with E-state index in [4.69, 9.17) is 10.9 Å². The first-order chi connectivity index (χ1) is 11.8. The predicted octanol–water partition coefficient (Wildman–Crippen LogP) is 1.02. The fourth-order valence-electron chi connectivity index (χ4n) is 1.99. The Morgan fingerprint density at radius 3 is 2.48 bits per heavy atom. The van der Waals surface area contributed by atoms with Crippen LogP contribution in [0.4, 0.5) is 5.69 Å². The van der Waals surface area contributed by atoms with Crippen molar-refractivity contribution in [1.29, 1.82) is 0 Å². The van der Waals surface area contributed by atoms with Gasteiger partial charge in [0.25, 0.3) is 11.8 Å². The fourth-order valence-corrected chi connectivity index (χ4v) is 1.99. The van der Waals surface area contributed by atoms with Crippen LogP contribution in [0.5, 0.6) is 0 Å². The van der Waals surface area contributed by atoms with Crippen molar-refractivity contribution in [3.63, 3.8) is 0 Å². The Bertz CT molecular complexity index is 679. The van der Waals surface area contributed by atoms with E-state index >= 15 is 0 Å². The quantitative estimate of drug-likeness (QED) is 0.288. The number of rotatable bonds is 7. The zero-order valence-corrected chi connectivity index (χ0v) is 14.6. The van der Waals surface area contributed by atoms with Crippen molar-refractivity contribution in [2.24, 2.45) is 5.73 Å². The zero-order chi connectivity index (χ0) is 18.9. The maximum absolute atomic E-state index is 12.3. The molecule has 0 heterocycles. The van der Waals surface area contributed by atoms with Crippen LogP contribution in [0.2, 0.25) is 0 Å². The van der Waals surface area contributed by atoms with E-state index in [0.29, 0.717) is 12.1 Å². The molecule has 0 spiro atoms. The molecule has 0 fully saturated rings. The number of nitrogens with two attached hydrogens (primary N) is 1. The number of anilines is 1. The van der Waals surface area contributed by atoms with Gasteiger partial charge in [0.2, 0.25) is 0 Å². The average Bonchev–Trinajstić information content (AvgIpc) is 2.58. The maximum Gasteiger partial charge on any atom is 0.267 e. The Labute approximate surface area is 147 Å². The molecule has 0 bridgehead atoms. The monoisotopic (exact) mass is 344 g/mol. The summed E-state index contributed by atoms with van der Waals surface area (Å²) in [6.07, 6.45) is 3.65. The summed E-state index contributed by atoms with van der Waals surface area (Å²) < 4.78 is 0. The molecule has 6 N–H and O–H groups in total. The molecule has 7 nitrogen and oxygen atoms in total. The van der Waals surface area contributed by atoms with E-state index in [1.807, 2.05) is 6.08 Å². The standard InChI is InChI=1S/C18H24N4O3/c1-4-5-6-7-12-20-14-10-8-13(9-11-14)16(23)21-15(17(24)22-25)18(2,3)19/h6-11,15,20,25H,12,19H2,1-3H3,(H,21,23)(H,22,24). The van der Waals surface area contributed by atoms with Crippen molar-refractivity contribution in [3.8, 4) is 11.8 Å². The largest absolute Gasteiger partial charge is 0.382 e. The third-order valence-electron chi connectivity index (χ3n) is 3.31. The Morgan fingerprint density at radius 2 is 1.96 bits per heavy atom. The molecule has 0 saturated heterocycles. The predicted molar refractivity (Wildman–Crippen MR) is 97.0 cm³/mol. The Kier molecular flexibility index (Phi) is 7.66. The molecule has 1 aromatic carbocycles. The molecule has 0 saturated carbocycles. The molecule has 1 unspecified atom stereocenters. The highest BCUT2D eigenvalue weighted by molar-refractivity contribution is 5.98. The minimum Gasteiger partial charge on any atom is -0.382 e. The third-order valence-corrected chi connectivity index (χ3v) is 3.31. The first-order valence-corrected chi connectivity index (χ1v) is 7.74. The Morgan fingerprint density at radius 1 is 1.32 bits per heavy atom. The van der Waals surface area contributed by atoms with Crippen molar-refractivity contribution in [2.45, 2.75) is 32.4 Å². The number of hydrogen-bond donors (Lipinski definition) is 5. The summed E-state index contributed by atoms with van der Waals surface area (Å²) in [6.45, 7) is 5.54. The number of nitrogens with one attached hydrogen (secondary N) is 3. The number of carbonyl (C=O) groups excluding carboxylic acids is 2. The van der Waals surface area contributed by atoms with Gasteiger partial charge in [0.1, 0.15) is 6.04 Å². The molecule has 0 aliphatic rings. The molecule has 0 radical (unpaired) electrons. The Balaban J connectivity index is 2.72. The lowest BCUT2D eigenvalue weighted by Gasteiger charge is -2.29. The van der Waals surface area contributed by atoms with E-state index in [1.54, 1.807) is 51.1 Å². The summed E-state index contributed by atoms with van der Waals surface area (Å²) >= 11 is 0. The highest BCUT2D eigenvalue weighted by Gasteiger charge is 2.33. The Hall–Kier alpha value is -2.82. The van der Waals surface area contributed by atoms with Crippen LogP contribution in [-0.2, 0) is 4.79 Å². The third kappa shape index (κ3) is 6.67. The van der Waals surface area contributed by atoms with Gasteiger partial charge in [0.15, 0.2) is 0 Å². The lowest BCUT2D eigenvalue weighted by Crippen LogP contribution is -2.61. The van der Waals surface area contributed by atoms with Gasteiger partial charge in [-0.05, 0) is 51.1 Å². The van der Waals surface area contributed by atoms with Gasteiger partial charge in [-0.2, -0.15) is 0 Å². The van der Waals surface area contributed by atoms with Gasteiger partial charge in [-0.1, -0.05) is 12.0 Å². The minimum atomic E-state index is -1.08. The lowest BCUT2D eigenvalue weighted by molar-refractivity contribution is -0.132. The van der Waals surface area contributed by atoms with Crippen LogP contribution in [0.1, 0.15) is 31.1 Å². The van der Waals surface area contributed by atoms with Gasteiger partial charge in [-0.3, -0.25) is 14.8 Å². The van der Waals surface area contributed by atoms with Gasteiger partial charge in [-0.15, -0.1) is 5.92 Å². The summed E-state index contributed by atoms with van der Waals surface area (Å²) in [6, 6.07) is 5.69. The smallest absolute Gasteiger partial charge is 0.267 e. The molecular formula is C18H24N4O3. The van der Waals surface area contributed by atoms with Crippen LogP contribution in [0.15, 0.2) is 36.4 Å². The average molecular weight is 344 g/mol. The molecule has 1 aromatic rings. The van der Waals surface area contributed by atoms with Crippen molar-refractivity contribution >= 4 is 17.5 Å². The number of benzene rings is 1. The second-order valence-electron chi connectivity index (χ2n) is 5.96. The van der Waals surface area contributed by atoms with E-state index in [2.05, 4.69) is 22.5 Å². The first-order valence-electron chi connectivity index (χ1n) is 7.74. The molecule has 0 aliphatic carbocycles. The van der Waals surface area contributed by atoms with E-state index in [1.165, 1.54) is 5.48 Å². The van der Waals surface area contributed by atoms with Crippen LogP contribution in [-0.4, -0.2) is 35.1 Å². The van der Waals surface area contributed by atoms with Crippen molar-refractivity contribution in [3.05, 3.63) is 42.0 Å². The first kappa shape index (κ1) is 20.2. The number of allylic oxidation sites excluding steroid dienone is 1. The number of carbonyl (C=O) groups is 2. The minimum absolute atomic E-state index is 0.373. The number of amides is 2. The molecule has 0 aliphatic heterocycles. The molecular weight excluding hydrogens is 320 g/mol. The second kappa shape index (κ2) is 9.47. The molecule has 7 heteroatoms. The van der Waals surface area contributed by atoms with Crippen molar-refractivity contribution in [2.75, 3.05) is 11.9 Å². The van der Waals surface area contributed by atoms with Gasteiger partial charge >= 0.3 is 0 Å². The van der Waals surface area contributed by atoms with Gasteiger partial charge < -0.3 is 16.4 Å². The van der Waals surface area contributed by atoms with Crippen molar-refractivity contribution < 1.29 is 14.8 Å². The van der Waals surface area contributed by atoms with Gasteiger partial charge in [0, 0.05) is 23.3 Å². The molecule has 1 rings (SSSR count). The highest BCUT2D eigenvalue weighted by Crippen LogP contribution is 2.11. The second-order valence-corrected chi connectivity index (χ2v) is 5.96. The summed E-state index contributed by atoms with van der Waals surface area (Å²) in [5, 5.41) is 14.5. The van der Waals surface area contributed by atoms with Crippen LogP contribution in [0, 0.1) is 11.8 Å². The summed E-state index contributed by atoms with van der Waals surface area (Å²) in [7, 11) is 0. The molecule has 0 aromatic heterocycles. The van der Waals surface area contributed by atoms with E-state index in [-0.39, 0.29) is 0 Å². The lowest BCUT2D eigenvalue weighted by atomic mass is 9.95. The van der Waals surface area contributed by atoms with E-state index in [0.717, 1.165) is 5.69 Å². The topological polar surface area (TPSA) is 116 Å². The summed E-state index contributed by atoms with van der Waals surface area (Å²) in [5.41, 5.74) is 7.57. The molecule has 25 heavy (non-hydrogen) atoms. The molecule has 134 valence electrons. The molecule has 1 atom stereocenters.